The van der Waals surface area contributed by atoms with Gasteiger partial charge < -0.3 is 14.7 Å². The van der Waals surface area contributed by atoms with Crippen molar-refractivity contribution in [2.45, 2.75) is 12.5 Å². The van der Waals surface area contributed by atoms with Gasteiger partial charge in [-0.05, 0) is 53.9 Å². The number of hydrogen-bond donors (Lipinski definition) is 1. The van der Waals surface area contributed by atoms with Crippen molar-refractivity contribution < 1.29 is 24.4 Å². The van der Waals surface area contributed by atoms with E-state index in [4.69, 9.17) is 4.74 Å². The van der Waals surface area contributed by atoms with Crippen LogP contribution in [0.4, 0.5) is 5.69 Å². The molecule has 1 saturated heterocycles. The van der Waals surface area contributed by atoms with Crippen LogP contribution in [0.25, 0.3) is 5.76 Å². The highest BCUT2D eigenvalue weighted by Gasteiger charge is 2.45. The highest BCUT2D eigenvalue weighted by molar-refractivity contribution is 6.46. The highest BCUT2D eigenvalue weighted by atomic mass is 16.6. The molecule has 8 nitrogen and oxygen atoms in total. The molecule has 0 unspecified atom stereocenters. The zero-order valence-electron chi connectivity index (χ0n) is 18.4. The Hall–Kier alpha value is -4.46. The molecular formula is C26H22N2O6. The number of carbonyl (C=O) groups excluding carboxylic acids is 2. The van der Waals surface area contributed by atoms with Crippen molar-refractivity contribution in [3.05, 3.63) is 111 Å². The Labute approximate surface area is 195 Å². The topological polar surface area (TPSA) is 110 Å². The van der Waals surface area contributed by atoms with Crippen LogP contribution in [0.1, 0.15) is 22.7 Å². The number of ether oxygens (including phenoxy) is 1. The van der Waals surface area contributed by atoms with E-state index in [-0.39, 0.29) is 23.6 Å². The standard InChI is InChI=1S/C26H22N2O6/c1-34-21-13-9-19(10-14-21)24(29)22-23(18-7-11-20(12-8-18)28(32)33)27(26(31)25(22)30)16-15-17-5-3-2-4-6-17/h2-14,23,29H,15-16H2,1H3/t23-/m0/s1. The SMILES string of the molecule is COc1ccc(C(O)=C2C(=O)C(=O)N(CCc3ccccc3)[C@H]2c2ccc([N+](=O)[O-])cc2)cc1. The van der Waals surface area contributed by atoms with Crippen molar-refractivity contribution >= 4 is 23.1 Å². The molecule has 8 heteroatoms. The molecule has 1 atom stereocenters. The van der Waals surface area contributed by atoms with Crippen LogP contribution in [0.3, 0.4) is 0 Å². The minimum absolute atomic E-state index is 0.0583. The fourth-order valence-electron chi connectivity index (χ4n) is 4.03. The van der Waals surface area contributed by atoms with Crippen molar-refractivity contribution in [1.82, 2.24) is 4.90 Å². The van der Waals surface area contributed by atoms with Crippen LogP contribution in [-0.2, 0) is 16.0 Å². The van der Waals surface area contributed by atoms with Gasteiger partial charge in [0.2, 0.25) is 0 Å². The Morgan fingerprint density at radius 2 is 1.65 bits per heavy atom. The Morgan fingerprint density at radius 1 is 1.00 bits per heavy atom. The lowest BCUT2D eigenvalue weighted by Gasteiger charge is -2.25. The van der Waals surface area contributed by atoms with E-state index in [1.165, 1.54) is 36.3 Å². The normalized spacial score (nSPS) is 17.1. The third kappa shape index (κ3) is 4.38. The molecule has 1 N–H and O–H groups in total. The maximum absolute atomic E-state index is 13.1. The number of hydrogen-bond acceptors (Lipinski definition) is 6. The van der Waals surface area contributed by atoms with Crippen molar-refractivity contribution in [3.8, 4) is 5.75 Å². The molecule has 0 aliphatic carbocycles. The molecule has 1 amide bonds. The minimum Gasteiger partial charge on any atom is -0.507 e. The molecule has 1 aliphatic rings. The Balaban J connectivity index is 1.78. The van der Waals surface area contributed by atoms with Crippen LogP contribution in [0.2, 0.25) is 0 Å². The molecule has 0 spiro atoms. The summed E-state index contributed by atoms with van der Waals surface area (Å²) in [7, 11) is 1.52. The quantitative estimate of drug-likeness (QED) is 0.186. The van der Waals surface area contributed by atoms with Crippen LogP contribution < -0.4 is 4.74 Å². The first-order valence-corrected chi connectivity index (χ1v) is 10.6. The van der Waals surface area contributed by atoms with E-state index in [1.807, 2.05) is 30.3 Å². The van der Waals surface area contributed by atoms with E-state index in [0.29, 0.717) is 23.3 Å². The van der Waals surface area contributed by atoms with Gasteiger partial charge in [0.15, 0.2) is 0 Å². The van der Waals surface area contributed by atoms with Crippen molar-refractivity contribution in [2.24, 2.45) is 0 Å². The fraction of sp³-hybridized carbons (Fsp3) is 0.154. The molecule has 34 heavy (non-hydrogen) atoms. The molecule has 0 bridgehead atoms. The molecule has 1 heterocycles. The second kappa shape index (κ2) is 9.58. The average Bonchev–Trinajstić information content (AvgIpc) is 3.12. The van der Waals surface area contributed by atoms with Crippen LogP contribution in [-0.4, -0.2) is 40.3 Å². The number of amides is 1. The predicted octanol–water partition coefficient (Wildman–Crippen LogP) is 4.27. The fourth-order valence-corrected chi connectivity index (χ4v) is 4.03. The summed E-state index contributed by atoms with van der Waals surface area (Å²) in [6.07, 6.45) is 0.500. The first-order chi connectivity index (χ1) is 16.4. The highest BCUT2D eigenvalue weighted by Crippen LogP contribution is 2.40. The van der Waals surface area contributed by atoms with Gasteiger partial charge in [-0.15, -0.1) is 0 Å². The number of nitrogens with zero attached hydrogens (tertiary/aromatic N) is 2. The van der Waals surface area contributed by atoms with Crippen molar-refractivity contribution in [1.29, 1.82) is 0 Å². The minimum atomic E-state index is -0.883. The van der Waals surface area contributed by atoms with E-state index < -0.39 is 22.7 Å². The lowest BCUT2D eigenvalue weighted by atomic mass is 9.95. The maximum atomic E-state index is 13.1. The van der Waals surface area contributed by atoms with Gasteiger partial charge in [0.05, 0.1) is 23.6 Å². The van der Waals surface area contributed by atoms with E-state index in [0.717, 1.165) is 5.56 Å². The third-order valence-corrected chi connectivity index (χ3v) is 5.81. The lowest BCUT2D eigenvalue weighted by Crippen LogP contribution is -2.31. The van der Waals surface area contributed by atoms with Gasteiger partial charge in [0.1, 0.15) is 11.5 Å². The summed E-state index contributed by atoms with van der Waals surface area (Å²) in [6, 6.07) is 20.8. The largest absolute Gasteiger partial charge is 0.507 e. The number of ketones is 1. The van der Waals surface area contributed by atoms with E-state index in [1.54, 1.807) is 24.3 Å². The molecule has 3 aromatic rings. The van der Waals surface area contributed by atoms with Gasteiger partial charge in [-0.25, -0.2) is 0 Å². The van der Waals surface area contributed by atoms with Crippen molar-refractivity contribution in [2.75, 3.05) is 13.7 Å². The summed E-state index contributed by atoms with van der Waals surface area (Å²) < 4.78 is 5.14. The molecule has 172 valence electrons. The second-order valence-electron chi connectivity index (χ2n) is 7.81. The summed E-state index contributed by atoms with van der Waals surface area (Å²) in [5, 5.41) is 22.2. The van der Waals surface area contributed by atoms with Gasteiger partial charge in [-0.2, -0.15) is 0 Å². The van der Waals surface area contributed by atoms with E-state index in [9.17, 15) is 24.8 Å². The Kier molecular flexibility index (Phi) is 6.40. The number of methoxy groups -OCH3 is 1. The number of non-ortho nitro benzene ring substituents is 1. The van der Waals surface area contributed by atoms with E-state index in [2.05, 4.69) is 0 Å². The number of benzene rings is 3. The first kappa shape index (κ1) is 22.7. The van der Waals surface area contributed by atoms with Gasteiger partial charge >= 0.3 is 0 Å². The van der Waals surface area contributed by atoms with Gasteiger partial charge in [0.25, 0.3) is 17.4 Å². The summed E-state index contributed by atoms with van der Waals surface area (Å²) in [4.78, 5) is 38.1. The summed E-state index contributed by atoms with van der Waals surface area (Å²) in [6.45, 7) is 0.232. The average molecular weight is 458 g/mol. The smallest absolute Gasteiger partial charge is 0.295 e. The molecule has 1 fully saturated rings. The van der Waals surface area contributed by atoms with Crippen LogP contribution in [0.5, 0.6) is 5.75 Å². The third-order valence-electron chi connectivity index (χ3n) is 5.81. The number of aliphatic hydroxyl groups excluding tert-OH is 1. The number of Topliss-reactive ketones (excluding diaryl/α,β-unsaturated/α-hetero) is 1. The second-order valence-corrected chi connectivity index (χ2v) is 7.81. The zero-order valence-corrected chi connectivity index (χ0v) is 18.4. The first-order valence-electron chi connectivity index (χ1n) is 10.6. The molecule has 0 radical (unpaired) electrons. The number of carbonyl (C=O) groups is 2. The van der Waals surface area contributed by atoms with Gasteiger partial charge in [-0.3, -0.25) is 19.7 Å². The number of likely N-dealkylation sites (tertiary alicyclic amines) is 1. The molecule has 0 saturated carbocycles. The van der Waals surface area contributed by atoms with Crippen LogP contribution in [0.15, 0.2) is 84.4 Å². The molecule has 3 aromatic carbocycles. The van der Waals surface area contributed by atoms with Crippen LogP contribution >= 0.6 is 0 Å². The van der Waals surface area contributed by atoms with Crippen molar-refractivity contribution in [3.63, 3.8) is 0 Å². The van der Waals surface area contributed by atoms with E-state index >= 15 is 0 Å². The molecule has 0 aromatic heterocycles. The molecule has 1 aliphatic heterocycles. The maximum Gasteiger partial charge on any atom is 0.295 e. The predicted molar refractivity (Wildman–Crippen MR) is 125 cm³/mol. The summed E-state index contributed by atoms with van der Waals surface area (Å²) >= 11 is 0. The summed E-state index contributed by atoms with van der Waals surface area (Å²) in [5.41, 5.74) is 1.67. The molecule has 4 rings (SSSR count). The number of aliphatic hydroxyl groups is 1. The lowest BCUT2D eigenvalue weighted by molar-refractivity contribution is -0.384. The number of nitro benzene ring substituents is 1. The van der Waals surface area contributed by atoms with Gasteiger partial charge in [-0.1, -0.05) is 30.3 Å². The summed E-state index contributed by atoms with van der Waals surface area (Å²) in [5.74, 6) is -1.27. The van der Waals surface area contributed by atoms with Crippen LogP contribution in [0, 0.1) is 10.1 Å². The number of nitro groups is 1. The number of rotatable bonds is 7. The Morgan fingerprint density at radius 3 is 2.24 bits per heavy atom. The Bertz CT molecular complexity index is 1250. The van der Waals surface area contributed by atoms with Gasteiger partial charge in [0, 0.05) is 24.2 Å². The molecular weight excluding hydrogens is 436 g/mol. The monoisotopic (exact) mass is 458 g/mol. The zero-order chi connectivity index (χ0) is 24.2.